The van der Waals surface area contributed by atoms with Crippen LogP contribution in [0.2, 0.25) is 0 Å². The number of carbonyl (C=O) groups is 1. The Hall–Kier alpha value is -2.87. The quantitative estimate of drug-likeness (QED) is 0.691. The van der Waals surface area contributed by atoms with Crippen LogP contribution in [0.15, 0.2) is 53.6 Å². The first kappa shape index (κ1) is 22.8. The summed E-state index contributed by atoms with van der Waals surface area (Å²) in [6.45, 7) is 6.97. The van der Waals surface area contributed by atoms with Crippen LogP contribution in [0.3, 0.4) is 0 Å². The maximum atomic E-state index is 12.2. The number of rotatable bonds is 5. The van der Waals surface area contributed by atoms with Crippen molar-refractivity contribution in [2.45, 2.75) is 44.3 Å². The lowest BCUT2D eigenvalue weighted by molar-refractivity contribution is 0.0270. The van der Waals surface area contributed by atoms with Gasteiger partial charge in [0.15, 0.2) is 9.84 Å². The van der Waals surface area contributed by atoms with E-state index in [1.54, 1.807) is 41.4 Å². The average Bonchev–Trinajstić information content (AvgIpc) is 2.71. The number of amides is 1. The van der Waals surface area contributed by atoms with Gasteiger partial charge >= 0.3 is 6.09 Å². The molecule has 0 aliphatic carbocycles. The van der Waals surface area contributed by atoms with Gasteiger partial charge in [0, 0.05) is 31.6 Å². The van der Waals surface area contributed by atoms with Crippen molar-refractivity contribution in [1.82, 2.24) is 9.88 Å². The summed E-state index contributed by atoms with van der Waals surface area (Å²) in [5.74, 6) is 0.489. The van der Waals surface area contributed by atoms with E-state index in [9.17, 15) is 13.2 Å². The number of benzene rings is 1. The Morgan fingerprint density at radius 3 is 2.35 bits per heavy atom. The van der Waals surface area contributed by atoms with E-state index >= 15 is 0 Å². The molecule has 0 N–H and O–H groups in total. The number of aromatic nitrogens is 1. The fraction of sp³-hybridized carbons (Fsp3) is 0.391. The molecule has 2 heterocycles. The Labute approximate surface area is 183 Å². The monoisotopic (exact) mass is 444 g/mol. The normalized spacial score (nSPS) is 14.7. The average molecular weight is 445 g/mol. The number of ether oxygens (including phenoxy) is 2. The lowest BCUT2D eigenvalue weighted by atomic mass is 10.0. The van der Waals surface area contributed by atoms with Crippen molar-refractivity contribution in [2.24, 2.45) is 0 Å². The Kier molecular flexibility index (Phi) is 6.69. The van der Waals surface area contributed by atoms with Crippen LogP contribution in [-0.4, -0.2) is 49.3 Å². The zero-order chi connectivity index (χ0) is 22.6. The Balaban J connectivity index is 1.55. The fourth-order valence-electron chi connectivity index (χ4n) is 3.07. The van der Waals surface area contributed by atoms with E-state index in [0.29, 0.717) is 25.6 Å². The molecular formula is C23H28N2O5S. The topological polar surface area (TPSA) is 85.8 Å². The highest BCUT2D eigenvalue weighted by Crippen LogP contribution is 2.24. The summed E-state index contributed by atoms with van der Waals surface area (Å²) in [4.78, 5) is 18.5. The molecule has 1 aliphatic heterocycles. The van der Waals surface area contributed by atoms with E-state index in [1.807, 2.05) is 32.9 Å². The molecule has 7 nitrogen and oxygen atoms in total. The van der Waals surface area contributed by atoms with Crippen molar-refractivity contribution < 1.29 is 22.7 Å². The predicted octanol–water partition coefficient (Wildman–Crippen LogP) is 4.09. The standard InChI is InChI=1S/C23H28N2O5S/c1-23(2,3)30-22(26)25-13-11-18(12-14-25)19-7-10-21(24-15-19)29-16-17-5-8-20(9-6-17)31(4,27)28/h5-11,15H,12-14,16H2,1-4H3. The van der Waals surface area contributed by atoms with E-state index in [-0.39, 0.29) is 11.0 Å². The summed E-state index contributed by atoms with van der Waals surface area (Å²) in [6, 6.07) is 10.4. The van der Waals surface area contributed by atoms with Gasteiger partial charge in [0.2, 0.25) is 5.88 Å². The molecule has 166 valence electrons. The first-order chi connectivity index (χ1) is 14.5. The van der Waals surface area contributed by atoms with Gasteiger partial charge in [-0.15, -0.1) is 0 Å². The smallest absolute Gasteiger partial charge is 0.410 e. The lowest BCUT2D eigenvalue weighted by Crippen LogP contribution is -2.39. The summed E-state index contributed by atoms with van der Waals surface area (Å²) in [5.41, 5.74) is 2.48. The third-order valence-corrected chi connectivity index (χ3v) is 5.83. The van der Waals surface area contributed by atoms with Gasteiger partial charge in [-0.25, -0.2) is 18.2 Å². The minimum absolute atomic E-state index is 0.282. The third-order valence-electron chi connectivity index (χ3n) is 4.71. The molecule has 0 unspecified atom stereocenters. The first-order valence-electron chi connectivity index (χ1n) is 10.1. The second-order valence-electron chi connectivity index (χ2n) is 8.50. The number of nitrogens with zero attached hydrogens (tertiary/aromatic N) is 2. The maximum Gasteiger partial charge on any atom is 0.410 e. The van der Waals surface area contributed by atoms with E-state index < -0.39 is 15.4 Å². The van der Waals surface area contributed by atoms with Crippen molar-refractivity contribution in [3.63, 3.8) is 0 Å². The maximum absolute atomic E-state index is 12.2. The van der Waals surface area contributed by atoms with Gasteiger partial charge < -0.3 is 14.4 Å². The third kappa shape index (κ3) is 6.55. The van der Waals surface area contributed by atoms with Gasteiger partial charge in [-0.05, 0) is 62.1 Å². The van der Waals surface area contributed by atoms with Crippen molar-refractivity contribution in [1.29, 1.82) is 0 Å². The minimum Gasteiger partial charge on any atom is -0.473 e. The molecule has 1 amide bonds. The fourth-order valence-corrected chi connectivity index (χ4v) is 3.70. The molecule has 8 heteroatoms. The Bertz CT molecular complexity index is 1050. The molecule has 1 aromatic heterocycles. The number of carbonyl (C=O) groups excluding carboxylic acids is 1. The molecule has 0 atom stereocenters. The van der Waals surface area contributed by atoms with Crippen LogP contribution < -0.4 is 4.74 Å². The molecule has 1 aromatic carbocycles. The molecular weight excluding hydrogens is 416 g/mol. The van der Waals surface area contributed by atoms with Crippen LogP contribution in [0.1, 0.15) is 38.3 Å². The van der Waals surface area contributed by atoms with Crippen LogP contribution in [0, 0.1) is 0 Å². The number of sulfone groups is 1. The van der Waals surface area contributed by atoms with E-state index in [4.69, 9.17) is 9.47 Å². The molecule has 0 saturated carbocycles. The van der Waals surface area contributed by atoms with Crippen LogP contribution in [0.4, 0.5) is 4.79 Å². The second-order valence-corrected chi connectivity index (χ2v) is 10.5. The highest BCUT2D eigenvalue weighted by Gasteiger charge is 2.23. The van der Waals surface area contributed by atoms with Gasteiger partial charge in [-0.3, -0.25) is 0 Å². The molecule has 0 fully saturated rings. The minimum atomic E-state index is -3.21. The Morgan fingerprint density at radius 2 is 1.84 bits per heavy atom. The zero-order valence-electron chi connectivity index (χ0n) is 18.3. The van der Waals surface area contributed by atoms with Crippen LogP contribution in [-0.2, 0) is 21.2 Å². The molecule has 0 spiro atoms. The molecule has 0 saturated heterocycles. The summed E-state index contributed by atoms with van der Waals surface area (Å²) >= 11 is 0. The second kappa shape index (κ2) is 9.09. The van der Waals surface area contributed by atoms with Crippen molar-refractivity contribution >= 4 is 21.5 Å². The van der Waals surface area contributed by atoms with E-state index in [2.05, 4.69) is 4.98 Å². The molecule has 31 heavy (non-hydrogen) atoms. The Morgan fingerprint density at radius 1 is 1.13 bits per heavy atom. The van der Waals surface area contributed by atoms with Crippen LogP contribution in [0.25, 0.3) is 5.57 Å². The number of hydrogen-bond acceptors (Lipinski definition) is 6. The van der Waals surface area contributed by atoms with Gasteiger partial charge in [-0.2, -0.15) is 0 Å². The van der Waals surface area contributed by atoms with Crippen molar-refractivity contribution in [3.8, 4) is 5.88 Å². The van der Waals surface area contributed by atoms with E-state index in [1.165, 1.54) is 6.26 Å². The SMILES string of the molecule is CC(C)(C)OC(=O)N1CC=C(c2ccc(OCc3ccc(S(C)(=O)=O)cc3)nc2)CC1. The molecule has 0 radical (unpaired) electrons. The summed E-state index contributed by atoms with van der Waals surface area (Å²) in [7, 11) is -3.21. The zero-order valence-corrected chi connectivity index (χ0v) is 19.1. The summed E-state index contributed by atoms with van der Waals surface area (Å²) < 4.78 is 34.2. The number of pyridine rings is 1. The highest BCUT2D eigenvalue weighted by atomic mass is 32.2. The van der Waals surface area contributed by atoms with Gasteiger partial charge in [0.05, 0.1) is 4.90 Å². The molecule has 2 aromatic rings. The lowest BCUT2D eigenvalue weighted by Gasteiger charge is -2.29. The van der Waals surface area contributed by atoms with Crippen LogP contribution in [0.5, 0.6) is 5.88 Å². The predicted molar refractivity (Wildman–Crippen MR) is 119 cm³/mol. The molecule has 1 aliphatic rings. The summed E-state index contributed by atoms with van der Waals surface area (Å²) in [6.07, 6.45) is 5.40. The van der Waals surface area contributed by atoms with Crippen LogP contribution >= 0.6 is 0 Å². The number of hydrogen-bond donors (Lipinski definition) is 0. The first-order valence-corrected chi connectivity index (χ1v) is 12.0. The summed E-state index contributed by atoms with van der Waals surface area (Å²) in [5, 5.41) is 0. The van der Waals surface area contributed by atoms with Gasteiger partial charge in [-0.1, -0.05) is 18.2 Å². The van der Waals surface area contributed by atoms with E-state index in [0.717, 1.165) is 23.1 Å². The van der Waals surface area contributed by atoms with Gasteiger partial charge in [0.1, 0.15) is 12.2 Å². The highest BCUT2D eigenvalue weighted by molar-refractivity contribution is 7.90. The van der Waals surface area contributed by atoms with Crippen molar-refractivity contribution in [2.75, 3.05) is 19.3 Å². The molecule has 3 rings (SSSR count). The van der Waals surface area contributed by atoms with Crippen molar-refractivity contribution in [3.05, 3.63) is 59.8 Å². The largest absolute Gasteiger partial charge is 0.473 e. The molecule has 0 bridgehead atoms. The van der Waals surface area contributed by atoms with Gasteiger partial charge in [0.25, 0.3) is 0 Å².